The van der Waals surface area contributed by atoms with Crippen LogP contribution in [0.3, 0.4) is 0 Å². The van der Waals surface area contributed by atoms with Gasteiger partial charge in [-0.15, -0.1) is 0 Å². The lowest BCUT2D eigenvalue weighted by Gasteiger charge is -2.00. The summed E-state index contributed by atoms with van der Waals surface area (Å²) >= 11 is 7.40. The number of benzene rings is 2. The highest BCUT2D eigenvalue weighted by molar-refractivity contribution is 8.18. The molecule has 0 aliphatic carbocycles. The normalized spacial score (nSPS) is 17.4. The molecule has 1 N–H and O–H groups in total. The Balaban J connectivity index is 1.83. The number of ether oxygens (including phenoxy) is 1. The van der Waals surface area contributed by atoms with E-state index in [2.05, 4.69) is 10.3 Å². The minimum atomic E-state index is -0.167. The molecule has 1 aliphatic rings. The molecular weight excluding hydrogens is 344 g/mol. The van der Waals surface area contributed by atoms with Gasteiger partial charge in [-0.3, -0.25) is 4.79 Å². The van der Waals surface area contributed by atoms with Crippen LogP contribution in [-0.2, 0) is 4.79 Å². The van der Waals surface area contributed by atoms with E-state index in [9.17, 15) is 4.79 Å². The third-order valence-electron chi connectivity index (χ3n) is 3.43. The van der Waals surface area contributed by atoms with E-state index in [1.807, 2.05) is 49.4 Å². The van der Waals surface area contributed by atoms with Gasteiger partial charge >= 0.3 is 0 Å². The van der Waals surface area contributed by atoms with E-state index in [0.29, 0.717) is 20.8 Å². The van der Waals surface area contributed by atoms with Crippen LogP contribution in [0.5, 0.6) is 5.75 Å². The van der Waals surface area contributed by atoms with Crippen LogP contribution in [0.1, 0.15) is 11.1 Å². The third kappa shape index (κ3) is 3.80. The Hall–Kier alpha value is -2.24. The number of rotatable bonds is 3. The van der Waals surface area contributed by atoms with Gasteiger partial charge in [-0.25, -0.2) is 4.99 Å². The van der Waals surface area contributed by atoms with Gasteiger partial charge in [0, 0.05) is 5.02 Å². The topological polar surface area (TPSA) is 50.7 Å². The molecule has 0 spiro atoms. The van der Waals surface area contributed by atoms with E-state index in [1.165, 1.54) is 11.8 Å². The molecule has 2 aromatic rings. The van der Waals surface area contributed by atoms with E-state index >= 15 is 0 Å². The summed E-state index contributed by atoms with van der Waals surface area (Å²) in [6.45, 7) is 1.93. The first-order valence-electron chi connectivity index (χ1n) is 7.25. The van der Waals surface area contributed by atoms with Crippen LogP contribution >= 0.6 is 23.4 Å². The number of hydrogen-bond donors (Lipinski definition) is 1. The van der Waals surface area contributed by atoms with Crippen LogP contribution in [-0.4, -0.2) is 18.2 Å². The van der Waals surface area contributed by atoms with Crippen LogP contribution in [0, 0.1) is 6.92 Å². The number of amidine groups is 1. The molecule has 1 heterocycles. The van der Waals surface area contributed by atoms with E-state index < -0.39 is 0 Å². The molecule has 2 aromatic carbocycles. The largest absolute Gasteiger partial charge is 0.497 e. The van der Waals surface area contributed by atoms with Gasteiger partial charge < -0.3 is 10.1 Å². The van der Waals surface area contributed by atoms with Crippen molar-refractivity contribution in [1.29, 1.82) is 0 Å². The summed E-state index contributed by atoms with van der Waals surface area (Å²) in [7, 11) is 1.61. The fraction of sp³-hybridized carbons (Fsp3) is 0.111. The van der Waals surface area contributed by atoms with Gasteiger partial charge in [-0.1, -0.05) is 29.8 Å². The lowest BCUT2D eigenvalue weighted by Crippen LogP contribution is -2.19. The summed E-state index contributed by atoms with van der Waals surface area (Å²) in [4.78, 5) is 17.1. The Morgan fingerprint density at radius 2 is 2.08 bits per heavy atom. The van der Waals surface area contributed by atoms with E-state index in [0.717, 1.165) is 16.9 Å². The number of aliphatic imine (C=N–C) groups is 1. The Morgan fingerprint density at radius 1 is 1.25 bits per heavy atom. The van der Waals surface area contributed by atoms with Gasteiger partial charge in [0.05, 0.1) is 17.7 Å². The Morgan fingerprint density at radius 3 is 2.83 bits per heavy atom. The second kappa shape index (κ2) is 7.11. The molecule has 1 fully saturated rings. The first kappa shape index (κ1) is 16.6. The van der Waals surface area contributed by atoms with Crippen molar-refractivity contribution in [1.82, 2.24) is 5.32 Å². The van der Waals surface area contributed by atoms with Gasteiger partial charge in [0.15, 0.2) is 5.17 Å². The summed E-state index contributed by atoms with van der Waals surface area (Å²) in [5, 5.41) is 3.95. The average Bonchev–Trinajstić information content (AvgIpc) is 2.90. The maximum absolute atomic E-state index is 12.1. The van der Waals surface area contributed by atoms with Crippen LogP contribution in [0.15, 0.2) is 52.4 Å². The zero-order valence-corrected chi connectivity index (χ0v) is 14.7. The molecule has 122 valence electrons. The molecular formula is C18H15ClN2O2S. The van der Waals surface area contributed by atoms with Crippen molar-refractivity contribution in [3.8, 4) is 5.75 Å². The summed E-state index contributed by atoms with van der Waals surface area (Å²) in [5.41, 5.74) is 2.59. The number of carbonyl (C=O) groups is 1. The molecule has 0 bridgehead atoms. The molecule has 1 saturated heterocycles. The lowest BCUT2D eigenvalue weighted by molar-refractivity contribution is -0.115. The van der Waals surface area contributed by atoms with Crippen molar-refractivity contribution in [3.63, 3.8) is 0 Å². The van der Waals surface area contributed by atoms with Gasteiger partial charge in [0.2, 0.25) is 0 Å². The second-order valence-corrected chi connectivity index (χ2v) is 6.63. The lowest BCUT2D eigenvalue weighted by atomic mass is 10.2. The van der Waals surface area contributed by atoms with E-state index in [-0.39, 0.29) is 5.91 Å². The second-order valence-electron chi connectivity index (χ2n) is 5.19. The average molecular weight is 359 g/mol. The molecule has 1 aliphatic heterocycles. The monoisotopic (exact) mass is 358 g/mol. The zero-order chi connectivity index (χ0) is 17.1. The fourth-order valence-corrected chi connectivity index (χ4v) is 3.15. The van der Waals surface area contributed by atoms with Crippen molar-refractivity contribution < 1.29 is 9.53 Å². The zero-order valence-electron chi connectivity index (χ0n) is 13.2. The Labute approximate surface area is 149 Å². The standard InChI is InChI=1S/C18H15ClN2O2S/c1-11-6-7-13(10-15(11)19)20-18-21-17(22)16(24-18)9-12-4-3-5-14(8-12)23-2/h3-10H,1-2H3,(H,20,21,22). The van der Waals surface area contributed by atoms with Gasteiger partial charge in [0.25, 0.3) is 5.91 Å². The number of thioether (sulfide) groups is 1. The Kier molecular flexibility index (Phi) is 4.92. The van der Waals surface area contributed by atoms with Crippen LogP contribution in [0.4, 0.5) is 5.69 Å². The van der Waals surface area contributed by atoms with Crippen LogP contribution < -0.4 is 10.1 Å². The summed E-state index contributed by atoms with van der Waals surface area (Å²) in [6.07, 6.45) is 1.81. The SMILES string of the molecule is COc1cccc(C=C2SC(=Nc3ccc(C)c(Cl)c3)NC2=O)c1. The molecule has 4 nitrogen and oxygen atoms in total. The molecule has 6 heteroatoms. The smallest absolute Gasteiger partial charge is 0.264 e. The predicted octanol–water partition coefficient (Wildman–Crippen LogP) is 4.55. The van der Waals surface area contributed by atoms with Crippen molar-refractivity contribution in [2.45, 2.75) is 6.92 Å². The Bertz CT molecular complexity index is 862. The molecule has 3 rings (SSSR count). The maximum atomic E-state index is 12.1. The fourth-order valence-electron chi connectivity index (χ4n) is 2.13. The maximum Gasteiger partial charge on any atom is 0.264 e. The molecule has 0 saturated carbocycles. The number of carbonyl (C=O) groups excluding carboxylic acids is 1. The summed E-state index contributed by atoms with van der Waals surface area (Å²) in [6, 6.07) is 13.1. The number of hydrogen-bond acceptors (Lipinski definition) is 4. The number of aryl methyl sites for hydroxylation is 1. The van der Waals surface area contributed by atoms with Crippen molar-refractivity contribution in [3.05, 3.63) is 63.5 Å². The number of halogens is 1. The summed E-state index contributed by atoms with van der Waals surface area (Å²) in [5.74, 6) is 0.579. The van der Waals surface area contributed by atoms with Crippen molar-refractivity contribution >= 4 is 46.2 Å². The minimum Gasteiger partial charge on any atom is -0.497 e. The van der Waals surface area contributed by atoms with Crippen molar-refractivity contribution in [2.24, 2.45) is 4.99 Å². The molecule has 0 atom stereocenters. The molecule has 0 unspecified atom stereocenters. The predicted molar refractivity (Wildman–Crippen MR) is 100.0 cm³/mol. The quantitative estimate of drug-likeness (QED) is 0.819. The highest BCUT2D eigenvalue weighted by Crippen LogP contribution is 2.30. The van der Waals surface area contributed by atoms with E-state index in [1.54, 1.807) is 13.2 Å². The summed E-state index contributed by atoms with van der Waals surface area (Å²) < 4.78 is 5.19. The van der Waals surface area contributed by atoms with Crippen LogP contribution in [0.2, 0.25) is 5.02 Å². The minimum absolute atomic E-state index is 0.167. The number of nitrogens with one attached hydrogen (secondary N) is 1. The molecule has 24 heavy (non-hydrogen) atoms. The van der Waals surface area contributed by atoms with Crippen LogP contribution in [0.25, 0.3) is 6.08 Å². The first-order valence-corrected chi connectivity index (χ1v) is 8.44. The molecule has 0 aromatic heterocycles. The molecule has 1 amide bonds. The van der Waals surface area contributed by atoms with Crippen molar-refractivity contribution in [2.75, 3.05) is 7.11 Å². The third-order valence-corrected chi connectivity index (χ3v) is 4.75. The first-order chi connectivity index (χ1) is 11.5. The number of methoxy groups -OCH3 is 1. The molecule has 0 radical (unpaired) electrons. The highest BCUT2D eigenvalue weighted by atomic mass is 35.5. The van der Waals surface area contributed by atoms with Gasteiger partial charge in [-0.2, -0.15) is 0 Å². The van der Waals surface area contributed by atoms with Gasteiger partial charge in [0.1, 0.15) is 5.75 Å². The van der Waals surface area contributed by atoms with E-state index in [4.69, 9.17) is 16.3 Å². The number of nitrogens with zero attached hydrogens (tertiary/aromatic N) is 1. The van der Waals surface area contributed by atoms with Gasteiger partial charge in [-0.05, 0) is 60.2 Å². The highest BCUT2D eigenvalue weighted by Gasteiger charge is 2.23. The number of amides is 1.